The van der Waals surface area contributed by atoms with Gasteiger partial charge in [-0.25, -0.2) is 0 Å². The first-order valence-corrected chi connectivity index (χ1v) is 6.17. The molecule has 2 aromatic heterocycles. The Morgan fingerprint density at radius 3 is 2.62 bits per heavy atom. The molecule has 0 radical (unpaired) electrons. The predicted octanol–water partition coefficient (Wildman–Crippen LogP) is 2.41. The van der Waals surface area contributed by atoms with E-state index in [9.17, 15) is 0 Å². The predicted molar refractivity (Wildman–Crippen MR) is 67.9 cm³/mol. The van der Waals surface area contributed by atoms with Crippen LogP contribution in [0.25, 0.3) is 0 Å². The third-order valence-corrected chi connectivity index (χ3v) is 4.13. The molecule has 0 saturated carbocycles. The molecule has 0 aromatic carbocycles. The van der Waals surface area contributed by atoms with E-state index in [-0.39, 0.29) is 6.04 Å². The van der Waals surface area contributed by atoms with E-state index in [1.807, 2.05) is 36.3 Å². The molecule has 0 aliphatic heterocycles. The summed E-state index contributed by atoms with van der Waals surface area (Å²) in [6.45, 7) is 4.32. The summed E-state index contributed by atoms with van der Waals surface area (Å²) in [5.41, 5.74) is 2.56. The third-order valence-electron chi connectivity index (χ3n) is 2.91. The Hall–Kier alpha value is -1.13. The molecule has 0 aliphatic carbocycles. The van der Waals surface area contributed by atoms with Gasteiger partial charge in [0.1, 0.15) is 0 Å². The van der Waals surface area contributed by atoms with Crippen molar-refractivity contribution in [3.8, 4) is 0 Å². The van der Waals surface area contributed by atoms with Crippen LogP contribution in [0.3, 0.4) is 0 Å². The molecular weight excluding hydrogens is 218 g/mol. The normalized spacial score (nSPS) is 13.0. The van der Waals surface area contributed by atoms with Crippen molar-refractivity contribution in [2.75, 3.05) is 7.05 Å². The fraction of sp³-hybridized carbons (Fsp3) is 0.417. The lowest BCUT2D eigenvalue weighted by Gasteiger charge is -2.14. The van der Waals surface area contributed by atoms with Crippen LogP contribution in [0, 0.1) is 13.8 Å². The molecule has 2 aromatic rings. The highest BCUT2D eigenvalue weighted by atomic mass is 32.1. The van der Waals surface area contributed by atoms with Gasteiger partial charge in [0.25, 0.3) is 0 Å². The van der Waals surface area contributed by atoms with Crippen LogP contribution in [0.1, 0.15) is 27.1 Å². The van der Waals surface area contributed by atoms with Gasteiger partial charge in [-0.15, -0.1) is 11.3 Å². The van der Waals surface area contributed by atoms with Gasteiger partial charge >= 0.3 is 0 Å². The van der Waals surface area contributed by atoms with Crippen molar-refractivity contribution in [3.63, 3.8) is 0 Å². The van der Waals surface area contributed by atoms with Crippen LogP contribution in [-0.4, -0.2) is 16.8 Å². The zero-order chi connectivity index (χ0) is 11.7. The number of nitrogens with zero attached hydrogens (tertiary/aromatic N) is 2. The highest BCUT2D eigenvalue weighted by molar-refractivity contribution is 7.12. The van der Waals surface area contributed by atoms with Gasteiger partial charge in [0.2, 0.25) is 0 Å². The molecule has 0 aliphatic rings. The van der Waals surface area contributed by atoms with Crippen LogP contribution in [0.15, 0.2) is 18.3 Å². The van der Waals surface area contributed by atoms with Crippen molar-refractivity contribution in [2.45, 2.75) is 19.9 Å². The average Bonchev–Trinajstić information content (AvgIpc) is 2.78. The molecule has 0 fully saturated rings. The molecule has 3 nitrogen and oxygen atoms in total. The number of aryl methyl sites for hydroxylation is 3. The summed E-state index contributed by atoms with van der Waals surface area (Å²) in [6.07, 6.45) is 1.84. The summed E-state index contributed by atoms with van der Waals surface area (Å²) in [5, 5.41) is 7.57. The summed E-state index contributed by atoms with van der Waals surface area (Å²) in [6, 6.07) is 4.56. The lowest BCUT2D eigenvalue weighted by Crippen LogP contribution is -2.19. The first-order valence-electron chi connectivity index (χ1n) is 5.35. The second-order valence-electron chi connectivity index (χ2n) is 3.99. The molecule has 4 heteroatoms. The topological polar surface area (TPSA) is 29.9 Å². The van der Waals surface area contributed by atoms with E-state index < -0.39 is 0 Å². The summed E-state index contributed by atoms with van der Waals surface area (Å²) < 4.78 is 1.92. The third kappa shape index (κ3) is 1.90. The van der Waals surface area contributed by atoms with Gasteiger partial charge in [0.05, 0.1) is 11.7 Å². The Bertz CT molecular complexity index is 465. The fourth-order valence-electron chi connectivity index (χ4n) is 1.85. The van der Waals surface area contributed by atoms with Crippen molar-refractivity contribution in [3.05, 3.63) is 39.3 Å². The quantitative estimate of drug-likeness (QED) is 0.885. The molecule has 0 saturated heterocycles. The van der Waals surface area contributed by atoms with E-state index >= 15 is 0 Å². The van der Waals surface area contributed by atoms with Crippen LogP contribution in [0.5, 0.6) is 0 Å². The van der Waals surface area contributed by atoms with E-state index in [0.717, 1.165) is 0 Å². The molecule has 16 heavy (non-hydrogen) atoms. The molecule has 0 bridgehead atoms. The lowest BCUT2D eigenvalue weighted by molar-refractivity contribution is 0.613. The van der Waals surface area contributed by atoms with Crippen molar-refractivity contribution < 1.29 is 0 Å². The summed E-state index contributed by atoms with van der Waals surface area (Å²) in [5.74, 6) is 0. The molecule has 0 spiro atoms. The minimum atomic E-state index is 0.241. The highest BCUT2D eigenvalue weighted by Crippen LogP contribution is 2.30. The second kappa shape index (κ2) is 4.39. The number of hydrogen-bond donors (Lipinski definition) is 1. The zero-order valence-electron chi connectivity index (χ0n) is 10.1. The molecule has 2 heterocycles. The minimum Gasteiger partial charge on any atom is -0.307 e. The van der Waals surface area contributed by atoms with Crippen molar-refractivity contribution in [1.82, 2.24) is 15.1 Å². The highest BCUT2D eigenvalue weighted by Gasteiger charge is 2.17. The average molecular weight is 235 g/mol. The van der Waals surface area contributed by atoms with E-state index in [0.29, 0.717) is 0 Å². The van der Waals surface area contributed by atoms with Gasteiger partial charge in [-0.05, 0) is 38.6 Å². The molecule has 1 N–H and O–H groups in total. The summed E-state index contributed by atoms with van der Waals surface area (Å²) in [7, 11) is 3.97. The number of aromatic nitrogens is 2. The molecule has 0 amide bonds. The van der Waals surface area contributed by atoms with Crippen LogP contribution in [0.2, 0.25) is 0 Å². The Kier molecular flexibility index (Phi) is 3.12. The lowest BCUT2D eigenvalue weighted by atomic mass is 10.1. The molecular formula is C12H17N3S. The van der Waals surface area contributed by atoms with Gasteiger partial charge in [0, 0.05) is 23.0 Å². The standard InChI is InChI=1S/C12H17N3S/c1-8-7-11(16-9(8)2)12(13-3)10-5-6-14-15(10)4/h5-7,12-13H,1-4H3. The summed E-state index contributed by atoms with van der Waals surface area (Å²) in [4.78, 5) is 2.73. The van der Waals surface area contributed by atoms with Crippen molar-refractivity contribution in [1.29, 1.82) is 0 Å². The maximum absolute atomic E-state index is 4.22. The maximum Gasteiger partial charge on any atom is 0.0839 e. The zero-order valence-corrected chi connectivity index (χ0v) is 10.9. The number of nitrogens with one attached hydrogen (secondary N) is 1. The van der Waals surface area contributed by atoms with Gasteiger partial charge < -0.3 is 5.32 Å². The van der Waals surface area contributed by atoms with Crippen LogP contribution in [0.4, 0.5) is 0 Å². The van der Waals surface area contributed by atoms with Crippen LogP contribution >= 0.6 is 11.3 Å². The Morgan fingerprint density at radius 1 is 1.44 bits per heavy atom. The van der Waals surface area contributed by atoms with Gasteiger partial charge in [-0.1, -0.05) is 0 Å². The van der Waals surface area contributed by atoms with Crippen molar-refractivity contribution >= 4 is 11.3 Å². The Labute approximate surface area is 100 Å². The number of rotatable bonds is 3. The molecule has 2 rings (SSSR count). The molecule has 1 atom stereocenters. The first kappa shape index (κ1) is 11.4. The number of thiophene rings is 1. The monoisotopic (exact) mass is 235 g/mol. The SMILES string of the molecule is CNC(c1cc(C)c(C)s1)c1ccnn1C. The fourth-order valence-corrected chi connectivity index (χ4v) is 3.01. The largest absolute Gasteiger partial charge is 0.307 e. The van der Waals surface area contributed by atoms with Crippen LogP contribution in [-0.2, 0) is 7.05 Å². The molecule has 1 unspecified atom stereocenters. The van der Waals surface area contributed by atoms with Gasteiger partial charge in [0.15, 0.2) is 0 Å². The Balaban J connectivity index is 2.40. The Morgan fingerprint density at radius 2 is 2.19 bits per heavy atom. The second-order valence-corrected chi connectivity index (χ2v) is 5.28. The first-order chi connectivity index (χ1) is 7.63. The van der Waals surface area contributed by atoms with Gasteiger partial charge in [-0.2, -0.15) is 5.10 Å². The minimum absolute atomic E-state index is 0.241. The van der Waals surface area contributed by atoms with E-state index in [4.69, 9.17) is 0 Å². The van der Waals surface area contributed by atoms with E-state index in [1.54, 1.807) is 0 Å². The van der Waals surface area contributed by atoms with Gasteiger partial charge in [-0.3, -0.25) is 4.68 Å². The molecule has 86 valence electrons. The van der Waals surface area contributed by atoms with E-state index in [1.165, 1.54) is 21.0 Å². The maximum atomic E-state index is 4.22. The smallest absolute Gasteiger partial charge is 0.0839 e. The van der Waals surface area contributed by atoms with Crippen LogP contribution < -0.4 is 5.32 Å². The van der Waals surface area contributed by atoms with Crippen molar-refractivity contribution in [2.24, 2.45) is 7.05 Å². The van der Waals surface area contributed by atoms with E-state index in [2.05, 4.69) is 36.4 Å². The summed E-state index contributed by atoms with van der Waals surface area (Å²) >= 11 is 1.85. The number of hydrogen-bond acceptors (Lipinski definition) is 3.